The van der Waals surface area contributed by atoms with Crippen molar-refractivity contribution in [2.45, 2.75) is 32.9 Å². The van der Waals surface area contributed by atoms with Gasteiger partial charge in [0.1, 0.15) is 0 Å². The molecule has 1 aromatic carbocycles. The van der Waals surface area contributed by atoms with Gasteiger partial charge in [-0.25, -0.2) is 4.39 Å². The van der Waals surface area contributed by atoms with Crippen molar-refractivity contribution < 1.29 is 14.2 Å². The van der Waals surface area contributed by atoms with E-state index in [2.05, 4.69) is 0 Å². The predicted octanol–water partition coefficient (Wildman–Crippen LogP) is 2.24. The van der Waals surface area contributed by atoms with Crippen LogP contribution in [0.15, 0.2) is 18.2 Å². The van der Waals surface area contributed by atoms with Crippen LogP contribution in [0.1, 0.15) is 32.4 Å². The summed E-state index contributed by atoms with van der Waals surface area (Å²) >= 11 is 0. The maximum atomic E-state index is 13.2. The second-order valence-corrected chi connectivity index (χ2v) is 5.23. The van der Waals surface area contributed by atoms with E-state index in [4.69, 9.17) is 10.5 Å². The van der Waals surface area contributed by atoms with Gasteiger partial charge in [-0.05, 0) is 23.1 Å². The topological polar surface area (TPSA) is 55.5 Å². The average molecular weight is 241 g/mol. The van der Waals surface area contributed by atoms with Crippen molar-refractivity contribution in [2.75, 3.05) is 7.11 Å². The molecule has 2 atom stereocenters. The molecule has 0 aliphatic carbocycles. The van der Waals surface area contributed by atoms with Gasteiger partial charge in [0.05, 0.1) is 19.3 Å². The van der Waals surface area contributed by atoms with Crippen molar-refractivity contribution in [1.29, 1.82) is 0 Å². The molecule has 0 amide bonds. The minimum Gasteiger partial charge on any atom is -0.494 e. The Morgan fingerprint density at radius 3 is 2.41 bits per heavy atom. The smallest absolute Gasteiger partial charge is 0.165 e. The summed E-state index contributed by atoms with van der Waals surface area (Å²) in [6, 6.07) is 3.82. The maximum absolute atomic E-state index is 13.2. The lowest BCUT2D eigenvalue weighted by molar-refractivity contribution is 0.0400. The number of rotatable bonds is 3. The Kier molecular flexibility index (Phi) is 4.11. The van der Waals surface area contributed by atoms with Gasteiger partial charge < -0.3 is 15.6 Å². The molecule has 96 valence electrons. The Balaban J connectivity index is 3.00. The Bertz CT molecular complexity index is 387. The number of hydrogen-bond acceptors (Lipinski definition) is 3. The first-order chi connectivity index (χ1) is 7.77. The lowest BCUT2D eigenvalue weighted by atomic mass is 9.82. The van der Waals surface area contributed by atoms with Crippen molar-refractivity contribution >= 4 is 0 Å². The first kappa shape index (κ1) is 13.9. The van der Waals surface area contributed by atoms with Crippen LogP contribution in [0.5, 0.6) is 5.75 Å². The summed E-state index contributed by atoms with van der Waals surface area (Å²) in [5.41, 5.74) is 6.30. The zero-order chi connectivity index (χ0) is 13.2. The van der Waals surface area contributed by atoms with Gasteiger partial charge in [0.15, 0.2) is 11.6 Å². The van der Waals surface area contributed by atoms with Crippen molar-refractivity contribution in [3.05, 3.63) is 29.6 Å². The third-order valence-electron chi connectivity index (χ3n) is 2.79. The fraction of sp³-hybridized carbons (Fsp3) is 0.538. The molecule has 0 heterocycles. The van der Waals surface area contributed by atoms with Gasteiger partial charge in [-0.2, -0.15) is 0 Å². The van der Waals surface area contributed by atoms with Gasteiger partial charge >= 0.3 is 0 Å². The third-order valence-corrected chi connectivity index (χ3v) is 2.79. The Hall–Kier alpha value is -1.13. The highest BCUT2D eigenvalue weighted by Gasteiger charge is 2.29. The number of nitrogens with two attached hydrogens (primary N) is 1. The number of hydrogen-bond donors (Lipinski definition) is 2. The lowest BCUT2D eigenvalue weighted by Crippen LogP contribution is -2.36. The van der Waals surface area contributed by atoms with Crippen LogP contribution in [0.2, 0.25) is 0 Å². The van der Waals surface area contributed by atoms with Gasteiger partial charge in [0.25, 0.3) is 0 Å². The molecule has 0 aliphatic heterocycles. The molecule has 0 radical (unpaired) electrons. The minimum atomic E-state index is -0.710. The highest BCUT2D eigenvalue weighted by molar-refractivity contribution is 5.32. The van der Waals surface area contributed by atoms with E-state index >= 15 is 0 Å². The van der Waals surface area contributed by atoms with E-state index in [9.17, 15) is 9.50 Å². The molecular formula is C13H20FNO2. The van der Waals surface area contributed by atoms with Gasteiger partial charge in [-0.1, -0.05) is 26.8 Å². The number of aliphatic hydroxyl groups excluding tert-OH is 1. The van der Waals surface area contributed by atoms with Crippen molar-refractivity contribution in [1.82, 2.24) is 0 Å². The number of benzene rings is 1. The molecule has 0 aliphatic rings. The third kappa shape index (κ3) is 3.17. The zero-order valence-electron chi connectivity index (χ0n) is 10.7. The molecule has 0 aromatic heterocycles. The lowest BCUT2D eigenvalue weighted by Gasteiger charge is -2.31. The van der Waals surface area contributed by atoms with Gasteiger partial charge in [0, 0.05) is 0 Å². The molecule has 4 heteroatoms. The van der Waals surface area contributed by atoms with E-state index < -0.39 is 18.0 Å². The zero-order valence-corrected chi connectivity index (χ0v) is 10.7. The highest BCUT2D eigenvalue weighted by atomic mass is 19.1. The maximum Gasteiger partial charge on any atom is 0.165 e. The molecule has 3 nitrogen and oxygen atoms in total. The summed E-state index contributed by atoms with van der Waals surface area (Å²) in [6.07, 6.45) is -0.710. The first-order valence-corrected chi connectivity index (χ1v) is 5.54. The average Bonchev–Trinajstić information content (AvgIpc) is 2.26. The second kappa shape index (κ2) is 5.02. The molecule has 1 aromatic rings. The van der Waals surface area contributed by atoms with Crippen LogP contribution in [-0.4, -0.2) is 18.3 Å². The van der Waals surface area contributed by atoms with Crippen LogP contribution in [0.3, 0.4) is 0 Å². The van der Waals surface area contributed by atoms with Gasteiger partial charge in [-0.15, -0.1) is 0 Å². The molecule has 0 saturated heterocycles. The summed E-state index contributed by atoms with van der Waals surface area (Å²) in [5.74, 6) is -0.298. The van der Waals surface area contributed by atoms with E-state index in [-0.39, 0.29) is 11.2 Å². The van der Waals surface area contributed by atoms with Gasteiger partial charge in [0.2, 0.25) is 0 Å². The standard InChI is InChI=1S/C13H20FNO2/c1-13(2,3)12(16)11(15)8-5-6-9(14)10(7-8)17-4/h5-7,11-12,16H,15H2,1-4H3/t11-,12-/m0/s1. The van der Waals surface area contributed by atoms with E-state index in [1.165, 1.54) is 19.2 Å². The molecule has 0 bridgehead atoms. The predicted molar refractivity (Wildman–Crippen MR) is 65.3 cm³/mol. The molecule has 17 heavy (non-hydrogen) atoms. The molecule has 0 unspecified atom stereocenters. The van der Waals surface area contributed by atoms with Gasteiger partial charge in [-0.3, -0.25) is 0 Å². The van der Waals surface area contributed by atoms with Crippen LogP contribution in [0.4, 0.5) is 4.39 Å². The van der Waals surface area contributed by atoms with Crippen LogP contribution >= 0.6 is 0 Å². The van der Waals surface area contributed by atoms with Crippen molar-refractivity contribution in [3.63, 3.8) is 0 Å². The SMILES string of the molecule is COc1cc([C@H](N)[C@H](O)C(C)(C)C)ccc1F. The van der Waals surface area contributed by atoms with Crippen LogP contribution in [0.25, 0.3) is 0 Å². The van der Waals surface area contributed by atoms with Crippen LogP contribution < -0.4 is 10.5 Å². The monoisotopic (exact) mass is 241 g/mol. The number of methoxy groups -OCH3 is 1. The second-order valence-electron chi connectivity index (χ2n) is 5.23. The summed E-state index contributed by atoms with van der Waals surface area (Å²) in [4.78, 5) is 0. The number of aliphatic hydroxyl groups is 1. The molecule has 0 spiro atoms. The molecule has 1 rings (SSSR count). The van der Waals surface area contributed by atoms with E-state index in [1.807, 2.05) is 20.8 Å². The number of halogens is 1. The fourth-order valence-electron chi connectivity index (χ4n) is 1.60. The molecule has 0 saturated carbocycles. The normalized spacial score (nSPS) is 15.5. The largest absolute Gasteiger partial charge is 0.494 e. The first-order valence-electron chi connectivity index (χ1n) is 5.54. The quantitative estimate of drug-likeness (QED) is 0.853. The molecule has 3 N–H and O–H groups in total. The van der Waals surface area contributed by atoms with Crippen molar-refractivity contribution in [2.24, 2.45) is 11.1 Å². The molecule has 0 fully saturated rings. The van der Waals surface area contributed by atoms with E-state index in [0.29, 0.717) is 5.56 Å². The Labute approximate surface area is 101 Å². The van der Waals surface area contributed by atoms with Crippen LogP contribution in [-0.2, 0) is 0 Å². The Morgan fingerprint density at radius 1 is 1.35 bits per heavy atom. The summed E-state index contributed by atoms with van der Waals surface area (Å²) in [6.45, 7) is 5.70. The van der Waals surface area contributed by atoms with E-state index in [1.54, 1.807) is 6.07 Å². The summed E-state index contributed by atoms with van der Waals surface area (Å²) in [7, 11) is 1.40. The van der Waals surface area contributed by atoms with E-state index in [0.717, 1.165) is 0 Å². The van der Waals surface area contributed by atoms with Crippen molar-refractivity contribution in [3.8, 4) is 5.75 Å². The minimum absolute atomic E-state index is 0.138. The van der Waals surface area contributed by atoms with Crippen LogP contribution in [0, 0.1) is 11.2 Å². The number of ether oxygens (including phenoxy) is 1. The Morgan fingerprint density at radius 2 is 1.94 bits per heavy atom. The summed E-state index contributed by atoms with van der Waals surface area (Å²) < 4.78 is 18.1. The molecular weight excluding hydrogens is 221 g/mol. The summed E-state index contributed by atoms with van der Waals surface area (Å²) in [5, 5.41) is 10.1. The highest BCUT2D eigenvalue weighted by Crippen LogP contribution is 2.30. The fourth-order valence-corrected chi connectivity index (χ4v) is 1.60.